The number of benzene rings is 1. The molecule has 11 heteroatoms. The summed E-state index contributed by atoms with van der Waals surface area (Å²) >= 11 is 4.97. The van der Waals surface area contributed by atoms with Crippen LogP contribution < -0.4 is 11.1 Å². The fraction of sp³-hybridized carbons (Fsp3) is 0.438. The van der Waals surface area contributed by atoms with Crippen molar-refractivity contribution in [2.45, 2.75) is 42.1 Å². The van der Waals surface area contributed by atoms with E-state index >= 15 is 0 Å². The molecule has 1 aromatic carbocycles. The lowest BCUT2D eigenvalue weighted by atomic mass is 9.95. The van der Waals surface area contributed by atoms with Gasteiger partial charge in [0.2, 0.25) is 11.8 Å². The Labute approximate surface area is 167 Å². The first kappa shape index (κ1) is 18.4. The minimum atomic E-state index is -0.839. The Balaban J connectivity index is 1.48. The normalized spacial score (nSPS) is 27.0. The number of hydrogen-bond acceptors (Lipinski definition) is 7. The molecule has 0 aliphatic carbocycles. The first-order valence-electron chi connectivity index (χ1n) is 8.34. The van der Waals surface area contributed by atoms with Crippen molar-refractivity contribution in [3.05, 3.63) is 40.1 Å². The number of fused-ring (bicyclic) bond motifs is 1. The number of hydrogen-bond donors (Lipinski definition) is 3. The number of thioether (sulfide) groups is 1. The molecular weight excluding hydrogens is 434 g/mol. The Morgan fingerprint density at radius 2 is 2.11 bits per heavy atom. The molecule has 1 aromatic heterocycles. The minimum Gasteiger partial charge on any atom is -0.340 e. The van der Waals surface area contributed by atoms with E-state index in [2.05, 4.69) is 41.9 Å². The van der Waals surface area contributed by atoms with Gasteiger partial charge in [0.1, 0.15) is 23.5 Å². The zero-order valence-electron chi connectivity index (χ0n) is 14.6. The maximum atomic E-state index is 12.7. The lowest BCUT2D eigenvalue weighted by Gasteiger charge is -2.44. The van der Waals surface area contributed by atoms with Gasteiger partial charge < -0.3 is 16.0 Å². The predicted octanol–water partition coefficient (Wildman–Crippen LogP) is 0.882. The van der Waals surface area contributed by atoms with Gasteiger partial charge in [0.25, 0.3) is 0 Å². The van der Waals surface area contributed by atoms with Gasteiger partial charge in [0.05, 0.1) is 0 Å². The third-order valence-corrected chi connectivity index (χ3v) is 6.97. The zero-order chi connectivity index (χ0) is 19.3. The van der Waals surface area contributed by atoms with Crippen molar-refractivity contribution in [1.82, 2.24) is 30.8 Å². The number of nitrogens with zero attached hydrogens (tertiary/aromatic N) is 4. The smallest absolute Gasteiger partial charge is 0.249 e. The van der Waals surface area contributed by atoms with Gasteiger partial charge >= 0.3 is 0 Å². The van der Waals surface area contributed by atoms with E-state index in [1.165, 1.54) is 0 Å². The quantitative estimate of drug-likeness (QED) is 0.588. The highest BCUT2D eigenvalue weighted by Gasteiger charge is 2.63. The molecule has 3 heterocycles. The van der Waals surface area contributed by atoms with Crippen molar-refractivity contribution in [3.63, 3.8) is 0 Å². The van der Waals surface area contributed by atoms with E-state index in [0.717, 1.165) is 4.47 Å². The van der Waals surface area contributed by atoms with Crippen LogP contribution in [0.25, 0.3) is 0 Å². The van der Waals surface area contributed by atoms with Crippen molar-refractivity contribution < 1.29 is 9.59 Å². The number of aromatic nitrogens is 4. The minimum absolute atomic E-state index is 0.157. The van der Waals surface area contributed by atoms with Crippen LogP contribution in [0.5, 0.6) is 0 Å². The second-order valence-corrected chi connectivity index (χ2v) is 9.75. The summed E-state index contributed by atoms with van der Waals surface area (Å²) in [7, 11) is 0. The summed E-state index contributed by atoms with van der Waals surface area (Å²) < 4.78 is 0.607. The number of carbonyl (C=O) groups excluding carboxylic acids is 2. The molecule has 2 aliphatic heterocycles. The fourth-order valence-electron chi connectivity index (χ4n) is 3.54. The molecule has 0 spiro atoms. The molecule has 0 saturated carbocycles. The second-order valence-electron chi connectivity index (χ2n) is 7.06. The number of carbonyl (C=O) groups is 2. The van der Waals surface area contributed by atoms with Crippen LogP contribution in [0, 0.1) is 0 Å². The Hall–Kier alpha value is -1.98. The van der Waals surface area contributed by atoms with E-state index in [1.807, 2.05) is 26.0 Å². The third kappa shape index (κ3) is 3.03. The number of tetrazole rings is 1. The van der Waals surface area contributed by atoms with Crippen LogP contribution in [0.2, 0.25) is 0 Å². The molecule has 4 N–H and O–H groups in total. The number of rotatable bonds is 4. The number of nitrogens with two attached hydrogens (primary N) is 1. The molecule has 27 heavy (non-hydrogen) atoms. The standard InChI is InChI=1S/C16H18BrN7O2S/c1-16(2)11(12-20-22-23-21-12)24-14(26)10(15(24)27-16)19-13(25)9(18)7-3-5-8(17)6-4-7/h3-6,9-11,15H,18H2,1-2H3,(H,19,25)(H,20,21,22,23)/t9?,10?,11?,15-/m0/s1. The van der Waals surface area contributed by atoms with Crippen LogP contribution in [0.4, 0.5) is 0 Å². The Bertz CT molecular complexity index is 873. The second kappa shape index (κ2) is 6.57. The third-order valence-electron chi connectivity index (χ3n) is 4.87. The fourth-order valence-corrected chi connectivity index (χ4v) is 5.44. The van der Waals surface area contributed by atoms with Crippen LogP contribution in [0.1, 0.15) is 37.3 Å². The monoisotopic (exact) mass is 451 g/mol. The van der Waals surface area contributed by atoms with Crippen molar-refractivity contribution in [2.24, 2.45) is 5.73 Å². The van der Waals surface area contributed by atoms with Crippen molar-refractivity contribution in [3.8, 4) is 0 Å². The van der Waals surface area contributed by atoms with Gasteiger partial charge in [-0.2, -0.15) is 0 Å². The van der Waals surface area contributed by atoms with Crippen molar-refractivity contribution in [2.75, 3.05) is 0 Å². The molecule has 2 amide bonds. The maximum absolute atomic E-state index is 12.7. The Morgan fingerprint density at radius 3 is 2.74 bits per heavy atom. The average Bonchev–Trinajstić information content (AvgIpc) is 3.23. The van der Waals surface area contributed by atoms with E-state index < -0.39 is 12.1 Å². The zero-order valence-corrected chi connectivity index (χ0v) is 17.0. The summed E-state index contributed by atoms with van der Waals surface area (Å²) in [6.07, 6.45) is 0. The number of amides is 2. The van der Waals surface area contributed by atoms with E-state index in [0.29, 0.717) is 11.4 Å². The highest BCUT2D eigenvalue weighted by atomic mass is 79.9. The molecule has 2 fully saturated rings. The lowest BCUT2D eigenvalue weighted by Crippen LogP contribution is -2.68. The Kier molecular flexibility index (Phi) is 4.47. The van der Waals surface area contributed by atoms with Crippen molar-refractivity contribution >= 4 is 39.5 Å². The largest absolute Gasteiger partial charge is 0.340 e. The van der Waals surface area contributed by atoms with Gasteiger partial charge in [0.15, 0.2) is 5.82 Å². The molecule has 2 saturated heterocycles. The summed E-state index contributed by atoms with van der Waals surface area (Å²) in [5, 5.41) is 16.6. The van der Waals surface area contributed by atoms with Crippen LogP contribution in [-0.4, -0.2) is 53.5 Å². The number of H-pyrrole nitrogens is 1. The molecule has 2 aliphatic rings. The van der Waals surface area contributed by atoms with E-state index in [-0.39, 0.29) is 28.0 Å². The summed E-state index contributed by atoms with van der Waals surface area (Å²) in [6, 6.07) is 5.49. The average molecular weight is 452 g/mol. The van der Waals surface area contributed by atoms with Gasteiger partial charge in [0, 0.05) is 9.22 Å². The highest BCUT2D eigenvalue weighted by molar-refractivity contribution is 9.10. The van der Waals surface area contributed by atoms with Crippen LogP contribution >= 0.6 is 27.7 Å². The first-order valence-corrected chi connectivity index (χ1v) is 10.0. The van der Waals surface area contributed by atoms with E-state index in [1.54, 1.807) is 28.8 Å². The molecule has 9 nitrogen and oxygen atoms in total. The van der Waals surface area contributed by atoms with E-state index in [9.17, 15) is 9.59 Å². The van der Waals surface area contributed by atoms with Crippen LogP contribution in [0.15, 0.2) is 28.7 Å². The molecule has 0 bridgehead atoms. The molecular formula is C16H18BrN7O2S. The first-order chi connectivity index (χ1) is 12.8. The SMILES string of the molecule is CC1(C)S[C@H]2C(NC(=O)C(N)c3ccc(Br)cc3)C(=O)N2C1c1nnn[nH]1. The summed E-state index contributed by atoms with van der Waals surface area (Å²) in [5.74, 6) is 0.00836. The molecule has 4 rings (SSSR count). The number of nitrogens with one attached hydrogen (secondary N) is 2. The van der Waals surface area contributed by atoms with Gasteiger partial charge in [-0.1, -0.05) is 28.1 Å². The molecule has 4 atom stereocenters. The van der Waals surface area contributed by atoms with Crippen LogP contribution in [-0.2, 0) is 9.59 Å². The maximum Gasteiger partial charge on any atom is 0.249 e. The van der Waals surface area contributed by atoms with Gasteiger partial charge in [-0.3, -0.25) is 9.59 Å². The predicted molar refractivity (Wildman–Crippen MR) is 102 cm³/mol. The highest BCUT2D eigenvalue weighted by Crippen LogP contribution is 2.56. The summed E-state index contributed by atoms with van der Waals surface area (Å²) in [6.45, 7) is 4.06. The number of β-lactam (4-membered cyclic amide) rings is 1. The van der Waals surface area contributed by atoms with Crippen LogP contribution in [0.3, 0.4) is 0 Å². The van der Waals surface area contributed by atoms with Gasteiger partial charge in [-0.15, -0.1) is 16.9 Å². The van der Waals surface area contributed by atoms with Gasteiger partial charge in [-0.25, -0.2) is 5.10 Å². The Morgan fingerprint density at radius 1 is 1.41 bits per heavy atom. The van der Waals surface area contributed by atoms with E-state index in [4.69, 9.17) is 5.73 Å². The van der Waals surface area contributed by atoms with Crippen molar-refractivity contribution in [1.29, 1.82) is 0 Å². The number of aromatic amines is 1. The number of halogens is 1. The molecule has 3 unspecified atom stereocenters. The molecule has 142 valence electrons. The lowest BCUT2D eigenvalue weighted by molar-refractivity contribution is -0.152. The topological polar surface area (TPSA) is 130 Å². The molecule has 0 radical (unpaired) electrons. The summed E-state index contributed by atoms with van der Waals surface area (Å²) in [4.78, 5) is 27.0. The summed E-state index contributed by atoms with van der Waals surface area (Å²) in [5.41, 5.74) is 6.75. The molecule has 2 aromatic rings. The van der Waals surface area contributed by atoms with Gasteiger partial charge in [-0.05, 0) is 42.0 Å².